The summed E-state index contributed by atoms with van der Waals surface area (Å²) < 4.78 is 5.26. The minimum absolute atomic E-state index is 0. The minimum atomic E-state index is -1.05. The van der Waals surface area contributed by atoms with Gasteiger partial charge in [0.05, 0.1) is 12.6 Å². The molecule has 1 amide bonds. The van der Waals surface area contributed by atoms with Crippen molar-refractivity contribution in [3.8, 4) is 0 Å². The number of likely N-dealkylation sites (tertiary alicyclic amines) is 1. The third-order valence-corrected chi connectivity index (χ3v) is 5.99. The van der Waals surface area contributed by atoms with E-state index in [0.717, 1.165) is 11.1 Å². The number of rotatable bonds is 10. The van der Waals surface area contributed by atoms with Crippen LogP contribution in [0.25, 0.3) is 0 Å². The molecule has 8 heteroatoms. The van der Waals surface area contributed by atoms with Gasteiger partial charge in [0.1, 0.15) is 12.6 Å². The lowest BCUT2D eigenvalue weighted by molar-refractivity contribution is -0.148. The molecule has 3 rings (SSSR count). The van der Waals surface area contributed by atoms with Crippen molar-refractivity contribution in [2.75, 3.05) is 19.7 Å². The van der Waals surface area contributed by atoms with E-state index in [1.54, 1.807) is 6.92 Å². The number of carbonyl (C=O) groups excluding carboxylic acids is 2. The molecule has 1 aliphatic rings. The van der Waals surface area contributed by atoms with Gasteiger partial charge < -0.3 is 14.7 Å². The standard InChI is InChI=1S/C26H32N2O5.ClH/c1-2-33-26(32)23(15-13-19-9-5-3-6-10-19)27-22-16-14-21(20-11-7-4-8-12-20)17-28(25(22)31)18-24(29)30;/h3-12,21-23,27H,2,13-18H2,1H3,(H,29,30);1H/t21-,22+,23+;/m1./s1. The first-order valence-electron chi connectivity index (χ1n) is 11.5. The fourth-order valence-electron chi connectivity index (χ4n) is 4.33. The minimum Gasteiger partial charge on any atom is -0.480 e. The Morgan fingerprint density at radius 3 is 2.35 bits per heavy atom. The predicted octanol–water partition coefficient (Wildman–Crippen LogP) is 3.42. The highest BCUT2D eigenvalue weighted by Crippen LogP contribution is 2.27. The summed E-state index contributed by atoms with van der Waals surface area (Å²) in [6.07, 6.45) is 2.35. The van der Waals surface area contributed by atoms with Gasteiger partial charge in [-0.1, -0.05) is 60.7 Å². The van der Waals surface area contributed by atoms with E-state index in [1.807, 2.05) is 60.7 Å². The maximum absolute atomic E-state index is 13.3. The lowest BCUT2D eigenvalue weighted by atomic mass is 9.93. The van der Waals surface area contributed by atoms with Crippen molar-refractivity contribution in [1.82, 2.24) is 10.2 Å². The van der Waals surface area contributed by atoms with E-state index in [2.05, 4.69) is 5.32 Å². The van der Waals surface area contributed by atoms with Crippen LogP contribution < -0.4 is 5.32 Å². The molecule has 1 fully saturated rings. The Hall–Kier alpha value is -2.90. The van der Waals surface area contributed by atoms with E-state index in [0.29, 0.717) is 32.2 Å². The van der Waals surface area contributed by atoms with Gasteiger partial charge in [0.2, 0.25) is 5.91 Å². The molecule has 7 nitrogen and oxygen atoms in total. The largest absolute Gasteiger partial charge is 0.480 e. The van der Waals surface area contributed by atoms with Gasteiger partial charge in [-0.15, -0.1) is 12.4 Å². The summed E-state index contributed by atoms with van der Waals surface area (Å²) >= 11 is 0. The number of hydrogen-bond acceptors (Lipinski definition) is 5. The normalized spacial score (nSPS) is 19.0. The number of aryl methyl sites for hydroxylation is 1. The summed E-state index contributed by atoms with van der Waals surface area (Å²) in [4.78, 5) is 38.8. The molecule has 0 bridgehead atoms. The number of hydrogen-bond donors (Lipinski definition) is 2. The molecular weight excluding hydrogens is 456 g/mol. The number of amides is 1. The first-order chi connectivity index (χ1) is 16.0. The molecule has 0 spiro atoms. The molecule has 0 aliphatic carbocycles. The third kappa shape index (κ3) is 7.85. The van der Waals surface area contributed by atoms with Crippen molar-refractivity contribution in [2.24, 2.45) is 0 Å². The van der Waals surface area contributed by atoms with Gasteiger partial charge in [0.15, 0.2) is 0 Å². The summed E-state index contributed by atoms with van der Waals surface area (Å²) in [7, 11) is 0. The number of esters is 1. The Labute approximate surface area is 206 Å². The molecule has 0 unspecified atom stereocenters. The van der Waals surface area contributed by atoms with Gasteiger partial charge in [-0.3, -0.25) is 19.7 Å². The van der Waals surface area contributed by atoms with E-state index in [1.165, 1.54) is 4.90 Å². The lowest BCUT2D eigenvalue weighted by Crippen LogP contribution is -2.52. The summed E-state index contributed by atoms with van der Waals surface area (Å²) in [5.41, 5.74) is 2.17. The van der Waals surface area contributed by atoms with Gasteiger partial charge in [0.25, 0.3) is 0 Å². The van der Waals surface area contributed by atoms with Crippen LogP contribution in [0.15, 0.2) is 60.7 Å². The number of benzene rings is 2. The van der Waals surface area contributed by atoms with Crippen LogP contribution in [0.2, 0.25) is 0 Å². The topological polar surface area (TPSA) is 95.9 Å². The van der Waals surface area contributed by atoms with Gasteiger partial charge >= 0.3 is 11.9 Å². The SMILES string of the molecule is CCOC(=O)[C@H](CCc1ccccc1)N[C@H]1CC[C@@H](c2ccccc2)CN(CC(=O)O)C1=O.Cl. The molecule has 3 atom stereocenters. The van der Waals surface area contributed by atoms with Crippen LogP contribution in [-0.4, -0.2) is 59.6 Å². The quantitative estimate of drug-likeness (QED) is 0.497. The highest BCUT2D eigenvalue weighted by Gasteiger charge is 2.35. The van der Waals surface area contributed by atoms with Crippen molar-refractivity contribution in [2.45, 2.75) is 50.6 Å². The number of aliphatic carboxylic acids is 1. The van der Waals surface area contributed by atoms with Crippen molar-refractivity contribution in [3.05, 3.63) is 71.8 Å². The van der Waals surface area contributed by atoms with E-state index < -0.39 is 24.0 Å². The highest BCUT2D eigenvalue weighted by molar-refractivity contribution is 5.86. The first-order valence-corrected chi connectivity index (χ1v) is 11.5. The second-order valence-corrected chi connectivity index (χ2v) is 8.35. The fraction of sp³-hybridized carbons (Fsp3) is 0.423. The molecule has 2 aromatic rings. The molecule has 0 radical (unpaired) electrons. The van der Waals surface area contributed by atoms with Crippen molar-refractivity contribution >= 4 is 30.3 Å². The zero-order chi connectivity index (χ0) is 23.6. The molecule has 0 saturated carbocycles. The van der Waals surface area contributed by atoms with Crippen molar-refractivity contribution in [1.29, 1.82) is 0 Å². The molecule has 2 aromatic carbocycles. The molecule has 2 N–H and O–H groups in total. The smallest absolute Gasteiger partial charge is 0.323 e. The Balaban J connectivity index is 0.00000408. The van der Waals surface area contributed by atoms with Gasteiger partial charge in [-0.05, 0) is 43.7 Å². The Bertz CT molecular complexity index is 925. The summed E-state index contributed by atoms with van der Waals surface area (Å²) in [5.74, 6) is -1.70. The highest BCUT2D eigenvalue weighted by atomic mass is 35.5. The average molecular weight is 489 g/mol. The first kappa shape index (κ1) is 27.3. The van der Waals surface area contributed by atoms with Crippen LogP contribution >= 0.6 is 12.4 Å². The second kappa shape index (κ2) is 13.7. The van der Waals surface area contributed by atoms with Crippen LogP contribution in [0.4, 0.5) is 0 Å². The fourth-order valence-corrected chi connectivity index (χ4v) is 4.33. The Morgan fingerprint density at radius 1 is 1.09 bits per heavy atom. The maximum atomic E-state index is 13.3. The zero-order valence-electron chi connectivity index (χ0n) is 19.4. The number of carbonyl (C=O) groups is 3. The molecular formula is C26H33ClN2O5. The average Bonchev–Trinajstić information content (AvgIpc) is 2.96. The van der Waals surface area contributed by atoms with Crippen LogP contribution in [0.1, 0.15) is 43.2 Å². The monoisotopic (exact) mass is 488 g/mol. The summed E-state index contributed by atoms with van der Waals surface area (Å²) in [5, 5.41) is 12.6. The molecule has 34 heavy (non-hydrogen) atoms. The summed E-state index contributed by atoms with van der Waals surface area (Å²) in [6, 6.07) is 18.4. The van der Waals surface area contributed by atoms with Crippen LogP contribution in [-0.2, 0) is 25.5 Å². The molecule has 1 saturated heterocycles. The number of halogens is 1. The van der Waals surface area contributed by atoms with Crippen LogP contribution in [0, 0.1) is 0 Å². The predicted molar refractivity (Wildman–Crippen MR) is 132 cm³/mol. The van der Waals surface area contributed by atoms with E-state index in [-0.39, 0.29) is 37.4 Å². The van der Waals surface area contributed by atoms with E-state index in [9.17, 15) is 19.5 Å². The van der Waals surface area contributed by atoms with E-state index in [4.69, 9.17) is 4.74 Å². The Morgan fingerprint density at radius 2 is 1.74 bits per heavy atom. The molecule has 184 valence electrons. The number of carboxylic acids is 1. The lowest BCUT2D eigenvalue weighted by Gasteiger charge is -2.27. The molecule has 1 aliphatic heterocycles. The number of carboxylic acid groups (broad SMARTS) is 1. The van der Waals surface area contributed by atoms with Gasteiger partial charge in [-0.2, -0.15) is 0 Å². The number of nitrogens with zero attached hydrogens (tertiary/aromatic N) is 1. The third-order valence-electron chi connectivity index (χ3n) is 5.99. The number of ether oxygens (including phenoxy) is 1. The van der Waals surface area contributed by atoms with E-state index >= 15 is 0 Å². The van der Waals surface area contributed by atoms with Crippen LogP contribution in [0.3, 0.4) is 0 Å². The van der Waals surface area contributed by atoms with Gasteiger partial charge in [0, 0.05) is 12.5 Å². The van der Waals surface area contributed by atoms with Crippen LogP contribution in [0.5, 0.6) is 0 Å². The molecule has 1 heterocycles. The van der Waals surface area contributed by atoms with Crippen molar-refractivity contribution < 1.29 is 24.2 Å². The molecule has 0 aromatic heterocycles. The maximum Gasteiger partial charge on any atom is 0.323 e. The zero-order valence-corrected chi connectivity index (χ0v) is 20.2. The van der Waals surface area contributed by atoms with Crippen molar-refractivity contribution in [3.63, 3.8) is 0 Å². The second-order valence-electron chi connectivity index (χ2n) is 8.35. The van der Waals surface area contributed by atoms with Gasteiger partial charge in [-0.25, -0.2) is 0 Å². The Kier molecular flexibility index (Phi) is 11.0. The summed E-state index contributed by atoms with van der Waals surface area (Å²) in [6.45, 7) is 1.97. The number of nitrogens with one attached hydrogen (secondary N) is 1.